The quantitative estimate of drug-likeness (QED) is 0.558. The largest absolute Gasteiger partial charge is 0.486 e. The van der Waals surface area contributed by atoms with Crippen molar-refractivity contribution in [2.24, 2.45) is 7.05 Å². The molecule has 0 saturated heterocycles. The molecule has 1 aliphatic rings. The lowest BCUT2D eigenvalue weighted by atomic mass is 9.98. The third-order valence-electron chi connectivity index (χ3n) is 5.60. The minimum Gasteiger partial charge on any atom is -0.486 e. The molecular formula is C23H24ClN5O3. The van der Waals surface area contributed by atoms with Crippen molar-refractivity contribution < 1.29 is 9.47 Å². The van der Waals surface area contributed by atoms with Crippen LogP contribution in [0.1, 0.15) is 25.8 Å². The fraction of sp³-hybridized carbons (Fsp3) is 0.348. The SMILES string of the molecule is CCOCC1(C)CCOc2c(c3cc(Nc4ccnc(Cl)c4C#N)ccc3n(C)c2=O)N1. The van der Waals surface area contributed by atoms with Crippen LogP contribution in [0.5, 0.6) is 5.75 Å². The summed E-state index contributed by atoms with van der Waals surface area (Å²) in [5, 5.41) is 17.2. The molecule has 3 heterocycles. The van der Waals surface area contributed by atoms with E-state index in [0.29, 0.717) is 43.4 Å². The average Bonchev–Trinajstić information content (AvgIpc) is 2.96. The first kappa shape index (κ1) is 21.9. The van der Waals surface area contributed by atoms with Crippen LogP contribution >= 0.6 is 11.6 Å². The van der Waals surface area contributed by atoms with E-state index in [2.05, 4.69) is 28.6 Å². The van der Waals surface area contributed by atoms with Crippen LogP contribution in [-0.4, -0.2) is 34.9 Å². The minimum atomic E-state index is -0.392. The monoisotopic (exact) mass is 453 g/mol. The van der Waals surface area contributed by atoms with Crippen molar-refractivity contribution in [2.45, 2.75) is 25.8 Å². The number of pyridine rings is 2. The number of rotatable bonds is 5. The molecule has 0 aliphatic carbocycles. The van der Waals surface area contributed by atoms with E-state index in [-0.39, 0.29) is 16.3 Å². The first-order valence-corrected chi connectivity index (χ1v) is 10.7. The lowest BCUT2D eigenvalue weighted by Gasteiger charge is -2.30. The lowest BCUT2D eigenvalue weighted by molar-refractivity contribution is 0.101. The Morgan fingerprint density at radius 2 is 2.25 bits per heavy atom. The number of fused-ring (bicyclic) bond motifs is 3. The summed E-state index contributed by atoms with van der Waals surface area (Å²) >= 11 is 6.06. The molecule has 0 spiro atoms. The van der Waals surface area contributed by atoms with Crippen LogP contribution in [0.2, 0.25) is 5.15 Å². The molecule has 3 aromatic rings. The van der Waals surface area contributed by atoms with Crippen molar-refractivity contribution in [3.63, 3.8) is 0 Å². The van der Waals surface area contributed by atoms with Gasteiger partial charge in [-0.05, 0) is 38.1 Å². The Balaban J connectivity index is 1.85. The van der Waals surface area contributed by atoms with Crippen molar-refractivity contribution in [1.29, 1.82) is 5.26 Å². The van der Waals surface area contributed by atoms with E-state index in [1.807, 2.05) is 25.1 Å². The highest BCUT2D eigenvalue weighted by molar-refractivity contribution is 6.31. The number of aryl methyl sites for hydroxylation is 1. The van der Waals surface area contributed by atoms with E-state index in [4.69, 9.17) is 21.1 Å². The number of anilines is 3. The summed E-state index contributed by atoms with van der Waals surface area (Å²) in [6, 6.07) is 9.40. The van der Waals surface area contributed by atoms with Gasteiger partial charge < -0.3 is 24.7 Å². The van der Waals surface area contributed by atoms with Crippen molar-refractivity contribution in [3.8, 4) is 11.8 Å². The van der Waals surface area contributed by atoms with Gasteiger partial charge in [0.25, 0.3) is 5.56 Å². The van der Waals surface area contributed by atoms with Gasteiger partial charge in [-0.15, -0.1) is 0 Å². The van der Waals surface area contributed by atoms with Gasteiger partial charge in [-0.3, -0.25) is 4.79 Å². The standard InChI is InChI=1S/C23H24ClN5O3/c1-4-31-13-23(2)8-10-32-20-19(28-23)15-11-14(5-6-18(15)29(3)22(20)30)27-17-7-9-26-21(24)16(17)12-25/h5-7,9,11,28H,4,8,10,13H2,1-3H3,(H,26,27). The third-order valence-corrected chi connectivity index (χ3v) is 5.89. The second kappa shape index (κ2) is 8.69. The smallest absolute Gasteiger partial charge is 0.295 e. The summed E-state index contributed by atoms with van der Waals surface area (Å²) in [6.45, 7) is 5.51. The van der Waals surface area contributed by atoms with Crippen LogP contribution in [0.15, 0.2) is 35.3 Å². The van der Waals surface area contributed by atoms with E-state index in [9.17, 15) is 10.1 Å². The van der Waals surface area contributed by atoms with Gasteiger partial charge in [0, 0.05) is 37.3 Å². The molecule has 4 rings (SSSR count). The van der Waals surface area contributed by atoms with Gasteiger partial charge in [0.15, 0.2) is 0 Å². The molecule has 9 heteroatoms. The number of nitrogens with zero attached hydrogens (tertiary/aromatic N) is 3. The molecule has 8 nitrogen and oxygen atoms in total. The Kier molecular flexibility index (Phi) is 5.96. The molecule has 2 N–H and O–H groups in total. The average molecular weight is 454 g/mol. The highest BCUT2D eigenvalue weighted by Crippen LogP contribution is 2.37. The molecule has 2 aromatic heterocycles. The van der Waals surface area contributed by atoms with Crippen LogP contribution in [0, 0.1) is 11.3 Å². The zero-order chi connectivity index (χ0) is 22.9. The fourth-order valence-corrected chi connectivity index (χ4v) is 4.04. The topological polar surface area (TPSA) is 101 Å². The maximum atomic E-state index is 13.0. The number of nitrogens with one attached hydrogen (secondary N) is 2. The molecule has 1 aromatic carbocycles. The van der Waals surface area contributed by atoms with E-state index >= 15 is 0 Å². The van der Waals surface area contributed by atoms with Crippen molar-refractivity contribution >= 4 is 39.6 Å². The van der Waals surface area contributed by atoms with Crippen molar-refractivity contribution in [3.05, 3.63) is 51.5 Å². The van der Waals surface area contributed by atoms with Crippen LogP contribution in [-0.2, 0) is 11.8 Å². The predicted octanol–water partition coefficient (Wildman–Crippen LogP) is 4.19. The van der Waals surface area contributed by atoms with Crippen LogP contribution in [0.25, 0.3) is 10.9 Å². The zero-order valence-electron chi connectivity index (χ0n) is 18.2. The Morgan fingerprint density at radius 1 is 1.44 bits per heavy atom. The number of aromatic nitrogens is 2. The second-order valence-electron chi connectivity index (χ2n) is 7.98. The third kappa shape index (κ3) is 3.97. The normalized spacial score (nSPS) is 17.6. The number of halogens is 1. The maximum absolute atomic E-state index is 13.0. The highest BCUT2D eigenvalue weighted by Gasteiger charge is 2.31. The molecular weight excluding hydrogens is 430 g/mol. The Bertz CT molecular complexity index is 1280. The summed E-state index contributed by atoms with van der Waals surface area (Å²) in [5.74, 6) is 0.294. The summed E-state index contributed by atoms with van der Waals surface area (Å²) in [6.07, 6.45) is 2.22. The van der Waals surface area contributed by atoms with Gasteiger partial charge in [-0.1, -0.05) is 11.6 Å². The lowest BCUT2D eigenvalue weighted by Crippen LogP contribution is -2.40. The molecule has 32 heavy (non-hydrogen) atoms. The second-order valence-corrected chi connectivity index (χ2v) is 8.34. The zero-order valence-corrected chi connectivity index (χ0v) is 18.9. The fourth-order valence-electron chi connectivity index (χ4n) is 3.84. The predicted molar refractivity (Wildman–Crippen MR) is 125 cm³/mol. The number of nitriles is 1. The number of hydrogen-bond donors (Lipinski definition) is 2. The molecule has 1 unspecified atom stereocenters. The molecule has 166 valence electrons. The van der Waals surface area contributed by atoms with Crippen molar-refractivity contribution in [2.75, 3.05) is 30.5 Å². The molecule has 1 aliphatic heterocycles. The molecule has 1 atom stereocenters. The molecule has 0 bridgehead atoms. The number of ether oxygens (including phenoxy) is 2. The minimum absolute atomic E-state index is 0.135. The van der Waals surface area contributed by atoms with E-state index in [1.165, 1.54) is 6.20 Å². The van der Waals surface area contributed by atoms with Crippen LogP contribution in [0.3, 0.4) is 0 Å². The number of benzene rings is 1. The number of hydrogen-bond acceptors (Lipinski definition) is 7. The molecule has 0 radical (unpaired) electrons. The van der Waals surface area contributed by atoms with Crippen molar-refractivity contribution in [1.82, 2.24) is 9.55 Å². The van der Waals surface area contributed by atoms with Gasteiger partial charge in [-0.25, -0.2) is 4.98 Å². The summed E-state index contributed by atoms with van der Waals surface area (Å²) in [7, 11) is 1.72. The first-order chi connectivity index (χ1) is 15.4. The molecule has 0 amide bonds. The van der Waals surface area contributed by atoms with Crippen LogP contribution < -0.4 is 20.9 Å². The van der Waals surface area contributed by atoms with Gasteiger partial charge >= 0.3 is 0 Å². The van der Waals surface area contributed by atoms with Gasteiger partial charge in [-0.2, -0.15) is 5.26 Å². The van der Waals surface area contributed by atoms with E-state index in [0.717, 1.165) is 16.6 Å². The highest BCUT2D eigenvalue weighted by atomic mass is 35.5. The van der Waals surface area contributed by atoms with E-state index in [1.54, 1.807) is 17.7 Å². The van der Waals surface area contributed by atoms with Crippen LogP contribution in [0.4, 0.5) is 17.1 Å². The molecule has 0 fully saturated rings. The van der Waals surface area contributed by atoms with Gasteiger partial charge in [0.2, 0.25) is 5.75 Å². The maximum Gasteiger partial charge on any atom is 0.295 e. The Morgan fingerprint density at radius 3 is 3.00 bits per heavy atom. The first-order valence-electron chi connectivity index (χ1n) is 10.3. The Labute approximate surface area is 190 Å². The summed E-state index contributed by atoms with van der Waals surface area (Å²) in [4.78, 5) is 17.0. The van der Waals surface area contributed by atoms with E-state index < -0.39 is 5.54 Å². The Hall–Kier alpha value is -3.28. The summed E-state index contributed by atoms with van der Waals surface area (Å²) < 4.78 is 13.2. The molecule has 0 saturated carbocycles. The summed E-state index contributed by atoms with van der Waals surface area (Å²) in [5.41, 5.74) is 2.34. The van der Waals surface area contributed by atoms with Gasteiger partial charge in [0.1, 0.15) is 16.8 Å². The van der Waals surface area contributed by atoms with Gasteiger partial charge in [0.05, 0.1) is 35.6 Å².